The van der Waals surface area contributed by atoms with Gasteiger partial charge in [-0.15, -0.1) is 6.42 Å². The fourth-order valence-electron chi connectivity index (χ4n) is 3.86. The number of nitrogens with zero attached hydrogens (tertiary/aromatic N) is 1. The molecule has 4 heteroatoms. The van der Waals surface area contributed by atoms with Gasteiger partial charge in [-0.2, -0.15) is 0 Å². The molecule has 1 aliphatic rings. The summed E-state index contributed by atoms with van der Waals surface area (Å²) in [6.45, 7) is 11.9. The van der Waals surface area contributed by atoms with Crippen LogP contribution in [0.3, 0.4) is 0 Å². The van der Waals surface area contributed by atoms with Crippen LogP contribution in [0.2, 0.25) is 0 Å². The second kappa shape index (κ2) is 5.39. The van der Waals surface area contributed by atoms with E-state index in [9.17, 15) is 5.11 Å². The van der Waals surface area contributed by atoms with Crippen LogP contribution in [-0.2, 0) is 0 Å². The summed E-state index contributed by atoms with van der Waals surface area (Å²) < 4.78 is 5.33. The highest BCUT2D eigenvalue weighted by atomic mass is 16.5. The third-order valence-electron chi connectivity index (χ3n) is 5.13. The molecule has 3 rings (SSSR count). The molecule has 2 atom stereocenters. The molecule has 0 amide bonds. The van der Waals surface area contributed by atoms with E-state index < -0.39 is 11.6 Å². The summed E-state index contributed by atoms with van der Waals surface area (Å²) in [5, 5.41) is 18.3. The van der Waals surface area contributed by atoms with Crippen LogP contribution in [0.15, 0.2) is 10.6 Å². The van der Waals surface area contributed by atoms with Gasteiger partial charge in [0, 0.05) is 28.3 Å². The first-order chi connectivity index (χ1) is 11.2. The predicted octanol–water partition coefficient (Wildman–Crippen LogP) is 3.92. The maximum atomic E-state index is 10.7. The highest BCUT2D eigenvalue weighted by molar-refractivity contribution is 5.82. The van der Waals surface area contributed by atoms with E-state index in [0.717, 1.165) is 45.0 Å². The number of nitrogens with one attached hydrogen (secondary N) is 1. The quantitative estimate of drug-likeness (QED) is 0.781. The summed E-state index contributed by atoms with van der Waals surface area (Å²) >= 11 is 0. The van der Waals surface area contributed by atoms with E-state index in [2.05, 4.69) is 29.4 Å². The van der Waals surface area contributed by atoms with Crippen LogP contribution in [0.4, 0.5) is 5.69 Å². The molecule has 0 aliphatic carbocycles. The van der Waals surface area contributed by atoms with Crippen LogP contribution in [0, 0.1) is 33.1 Å². The van der Waals surface area contributed by atoms with E-state index in [1.54, 1.807) is 0 Å². The first-order valence-corrected chi connectivity index (χ1v) is 8.22. The SMILES string of the molecule is C#Cc1c(-c2c(C)noc2C)cc(C)c2c1[C@H](C)C(O)C(C)(C)N2. The summed E-state index contributed by atoms with van der Waals surface area (Å²) in [7, 11) is 0. The van der Waals surface area contributed by atoms with Crippen LogP contribution >= 0.6 is 0 Å². The Balaban J connectivity index is 2.35. The van der Waals surface area contributed by atoms with E-state index in [1.807, 2.05) is 34.6 Å². The second-order valence-corrected chi connectivity index (χ2v) is 7.33. The maximum Gasteiger partial charge on any atom is 0.141 e. The van der Waals surface area contributed by atoms with Crippen LogP contribution in [0.25, 0.3) is 11.1 Å². The normalized spacial score (nSPS) is 21.8. The molecule has 0 saturated heterocycles. The summed E-state index contributed by atoms with van der Waals surface area (Å²) in [5.74, 6) is 3.53. The summed E-state index contributed by atoms with van der Waals surface area (Å²) in [5.41, 5.74) is 6.24. The minimum atomic E-state index is -0.531. The van der Waals surface area contributed by atoms with Crippen LogP contribution in [0.5, 0.6) is 0 Å². The number of anilines is 1. The summed E-state index contributed by atoms with van der Waals surface area (Å²) in [6.07, 6.45) is 5.36. The molecular weight excluding hydrogens is 300 g/mol. The van der Waals surface area contributed by atoms with Gasteiger partial charge in [0.25, 0.3) is 0 Å². The standard InChI is InChI=1S/C20H24N2O2/c1-8-14-15(17-12(4)22-24-13(17)5)9-10(2)18-16(14)11(3)19(23)20(6,7)21-18/h1,9,11,19,21,23H,2-7H3/t11-,19?/m0/s1. The summed E-state index contributed by atoms with van der Waals surface area (Å²) in [4.78, 5) is 0. The second-order valence-electron chi connectivity index (χ2n) is 7.33. The van der Waals surface area contributed by atoms with Gasteiger partial charge in [0.2, 0.25) is 0 Å². The highest BCUT2D eigenvalue weighted by Crippen LogP contribution is 2.46. The topological polar surface area (TPSA) is 58.3 Å². The average molecular weight is 324 g/mol. The zero-order chi connectivity index (χ0) is 17.8. The van der Waals surface area contributed by atoms with Gasteiger partial charge in [-0.25, -0.2) is 0 Å². The molecule has 1 aromatic carbocycles. The Morgan fingerprint density at radius 3 is 2.54 bits per heavy atom. The molecule has 0 spiro atoms. The van der Waals surface area contributed by atoms with E-state index in [4.69, 9.17) is 10.9 Å². The molecule has 1 unspecified atom stereocenters. The van der Waals surface area contributed by atoms with Crippen molar-refractivity contribution in [3.63, 3.8) is 0 Å². The zero-order valence-electron chi connectivity index (χ0n) is 15.1. The molecule has 2 aromatic rings. The number of rotatable bonds is 1. The van der Waals surface area contributed by atoms with Crippen molar-refractivity contribution < 1.29 is 9.63 Å². The first kappa shape index (κ1) is 16.6. The Hall–Kier alpha value is -2.25. The van der Waals surface area contributed by atoms with Gasteiger partial charge in [0.15, 0.2) is 0 Å². The Kier molecular flexibility index (Phi) is 3.73. The van der Waals surface area contributed by atoms with Gasteiger partial charge >= 0.3 is 0 Å². The number of aryl methyl sites for hydroxylation is 3. The Labute approximate surface area is 143 Å². The largest absolute Gasteiger partial charge is 0.390 e. The molecule has 0 radical (unpaired) electrons. The van der Waals surface area contributed by atoms with Crippen molar-refractivity contribution in [3.05, 3.63) is 34.2 Å². The lowest BCUT2D eigenvalue weighted by atomic mass is 9.75. The van der Waals surface area contributed by atoms with Gasteiger partial charge in [0.1, 0.15) is 5.76 Å². The number of benzene rings is 1. The number of aliphatic hydroxyl groups excluding tert-OH is 1. The number of hydrogen-bond acceptors (Lipinski definition) is 4. The third-order valence-corrected chi connectivity index (χ3v) is 5.13. The van der Waals surface area contributed by atoms with Crippen molar-refractivity contribution in [1.29, 1.82) is 0 Å². The Bertz CT molecular complexity index is 836. The lowest BCUT2D eigenvalue weighted by Gasteiger charge is -2.43. The van der Waals surface area contributed by atoms with Crippen molar-refractivity contribution in [2.75, 3.05) is 5.32 Å². The third kappa shape index (κ3) is 2.23. The fourth-order valence-corrected chi connectivity index (χ4v) is 3.86. The van der Waals surface area contributed by atoms with E-state index in [0.29, 0.717) is 0 Å². The molecular formula is C20H24N2O2. The van der Waals surface area contributed by atoms with Crippen molar-refractivity contribution in [3.8, 4) is 23.5 Å². The van der Waals surface area contributed by atoms with Gasteiger partial charge in [-0.1, -0.05) is 18.0 Å². The van der Waals surface area contributed by atoms with Crippen molar-refractivity contribution in [1.82, 2.24) is 5.16 Å². The first-order valence-electron chi connectivity index (χ1n) is 8.22. The number of aliphatic hydroxyl groups is 1. The molecule has 1 aliphatic heterocycles. The molecule has 2 heterocycles. The molecule has 4 nitrogen and oxygen atoms in total. The minimum absolute atomic E-state index is 0.0681. The fraction of sp³-hybridized carbons (Fsp3) is 0.450. The van der Waals surface area contributed by atoms with Gasteiger partial charge in [-0.3, -0.25) is 0 Å². The molecule has 0 fully saturated rings. The van der Waals surface area contributed by atoms with Crippen LogP contribution in [-0.4, -0.2) is 21.9 Å². The number of hydrogen-bond donors (Lipinski definition) is 2. The van der Waals surface area contributed by atoms with Crippen LogP contribution in [0.1, 0.15) is 54.8 Å². The number of terminal acetylenes is 1. The smallest absolute Gasteiger partial charge is 0.141 e. The summed E-state index contributed by atoms with van der Waals surface area (Å²) in [6, 6.07) is 2.09. The Morgan fingerprint density at radius 1 is 1.33 bits per heavy atom. The highest BCUT2D eigenvalue weighted by Gasteiger charge is 2.41. The molecule has 126 valence electrons. The lowest BCUT2D eigenvalue weighted by molar-refractivity contribution is 0.0868. The predicted molar refractivity (Wildman–Crippen MR) is 96.2 cm³/mol. The number of fused-ring (bicyclic) bond motifs is 1. The van der Waals surface area contributed by atoms with Crippen molar-refractivity contribution in [2.24, 2.45) is 0 Å². The molecule has 2 N–H and O–H groups in total. The molecule has 1 aromatic heterocycles. The van der Waals surface area contributed by atoms with Crippen molar-refractivity contribution >= 4 is 5.69 Å². The van der Waals surface area contributed by atoms with Gasteiger partial charge in [0.05, 0.1) is 17.3 Å². The lowest BCUT2D eigenvalue weighted by Crippen LogP contribution is -2.50. The van der Waals surface area contributed by atoms with E-state index >= 15 is 0 Å². The van der Waals surface area contributed by atoms with E-state index in [1.165, 1.54) is 0 Å². The monoisotopic (exact) mass is 324 g/mol. The maximum absolute atomic E-state index is 10.7. The molecule has 0 bridgehead atoms. The van der Waals surface area contributed by atoms with Crippen molar-refractivity contribution in [2.45, 2.75) is 59.1 Å². The van der Waals surface area contributed by atoms with Gasteiger partial charge in [-0.05, 0) is 51.8 Å². The Morgan fingerprint density at radius 2 is 2.00 bits per heavy atom. The van der Waals surface area contributed by atoms with Crippen LogP contribution < -0.4 is 5.32 Å². The molecule has 24 heavy (non-hydrogen) atoms. The van der Waals surface area contributed by atoms with Gasteiger partial charge < -0.3 is 14.9 Å². The average Bonchev–Trinajstić information content (AvgIpc) is 2.84. The zero-order valence-corrected chi connectivity index (χ0v) is 15.1. The molecule has 0 saturated carbocycles. The van der Waals surface area contributed by atoms with E-state index in [-0.39, 0.29) is 5.92 Å². The number of aromatic nitrogens is 1. The minimum Gasteiger partial charge on any atom is -0.390 e.